The Kier molecular flexibility index (Phi) is 8.05. The third-order valence-corrected chi connectivity index (χ3v) is 4.93. The minimum Gasteiger partial charge on any atom is -0.484 e. The molecule has 1 atom stereocenters. The van der Waals surface area contributed by atoms with E-state index in [4.69, 9.17) is 4.74 Å². The number of hydrogen-bond acceptors (Lipinski definition) is 4. The topological polar surface area (TPSA) is 84.5 Å². The van der Waals surface area contributed by atoms with E-state index in [0.29, 0.717) is 18.7 Å². The fourth-order valence-electron chi connectivity index (χ4n) is 1.74. The fraction of sp³-hybridized carbons (Fsp3) is 0.562. The maximum Gasteiger partial charge on any atom is 0.257 e. The molecule has 23 heavy (non-hydrogen) atoms. The van der Waals surface area contributed by atoms with Crippen LogP contribution in [0, 0.1) is 0 Å². The number of nitrogens with one attached hydrogen (secondary N) is 2. The molecule has 0 spiro atoms. The number of carbonyl (C=O) groups excluding carboxylic acids is 1. The number of sulfonamides is 1. The minimum atomic E-state index is -3.52. The highest BCUT2D eigenvalue weighted by Gasteiger charge is 2.16. The summed E-state index contributed by atoms with van der Waals surface area (Å²) >= 11 is 0. The highest BCUT2D eigenvalue weighted by molar-refractivity contribution is 7.89. The van der Waals surface area contributed by atoms with E-state index in [9.17, 15) is 13.2 Å². The van der Waals surface area contributed by atoms with Crippen LogP contribution in [-0.2, 0) is 14.8 Å². The molecule has 0 aliphatic heterocycles. The van der Waals surface area contributed by atoms with Gasteiger partial charge >= 0.3 is 0 Å². The van der Waals surface area contributed by atoms with E-state index >= 15 is 0 Å². The molecular weight excluding hydrogens is 316 g/mol. The van der Waals surface area contributed by atoms with Gasteiger partial charge in [0, 0.05) is 12.6 Å². The number of carbonyl (C=O) groups is 1. The first-order valence-electron chi connectivity index (χ1n) is 7.91. The van der Waals surface area contributed by atoms with E-state index in [1.807, 2.05) is 20.8 Å². The smallest absolute Gasteiger partial charge is 0.257 e. The van der Waals surface area contributed by atoms with Crippen LogP contribution in [0.2, 0.25) is 0 Å². The number of ether oxygens (including phenoxy) is 1. The lowest BCUT2D eigenvalue weighted by atomic mass is 10.3. The molecular formula is C16H26N2O4S. The average Bonchev–Trinajstić information content (AvgIpc) is 2.53. The molecule has 1 amide bonds. The number of rotatable bonds is 10. The van der Waals surface area contributed by atoms with E-state index in [1.54, 1.807) is 12.1 Å². The first-order valence-corrected chi connectivity index (χ1v) is 9.39. The Hall–Kier alpha value is -1.60. The van der Waals surface area contributed by atoms with Gasteiger partial charge in [-0.1, -0.05) is 20.3 Å². The first-order chi connectivity index (χ1) is 10.9. The molecule has 6 nitrogen and oxygen atoms in total. The van der Waals surface area contributed by atoms with Gasteiger partial charge in [0.1, 0.15) is 5.75 Å². The van der Waals surface area contributed by atoms with Crippen LogP contribution >= 0.6 is 0 Å². The van der Waals surface area contributed by atoms with Crippen LogP contribution in [0.25, 0.3) is 0 Å². The van der Waals surface area contributed by atoms with Gasteiger partial charge in [-0.05, 0) is 44.0 Å². The molecule has 0 heterocycles. The summed E-state index contributed by atoms with van der Waals surface area (Å²) in [6.07, 6.45) is 2.66. The molecule has 2 N–H and O–H groups in total. The van der Waals surface area contributed by atoms with Crippen LogP contribution in [0.1, 0.15) is 40.0 Å². The Morgan fingerprint density at radius 3 is 2.43 bits per heavy atom. The largest absolute Gasteiger partial charge is 0.484 e. The van der Waals surface area contributed by atoms with E-state index in [-0.39, 0.29) is 23.5 Å². The third-order valence-electron chi connectivity index (χ3n) is 3.33. The summed E-state index contributed by atoms with van der Waals surface area (Å²) in [4.78, 5) is 11.7. The Morgan fingerprint density at radius 1 is 1.22 bits per heavy atom. The Morgan fingerprint density at radius 2 is 1.87 bits per heavy atom. The average molecular weight is 342 g/mol. The summed E-state index contributed by atoms with van der Waals surface area (Å²) in [6.45, 7) is 6.33. The Labute approximate surface area is 138 Å². The van der Waals surface area contributed by atoms with Gasteiger partial charge in [-0.2, -0.15) is 0 Å². The zero-order chi connectivity index (χ0) is 17.3. The van der Waals surface area contributed by atoms with Gasteiger partial charge in [0.05, 0.1) is 4.90 Å². The van der Waals surface area contributed by atoms with Crippen molar-refractivity contribution in [2.45, 2.75) is 51.0 Å². The van der Waals surface area contributed by atoms with Crippen molar-refractivity contribution in [3.8, 4) is 5.75 Å². The normalized spacial score (nSPS) is 12.7. The molecule has 0 saturated heterocycles. The molecule has 0 unspecified atom stereocenters. The van der Waals surface area contributed by atoms with Crippen molar-refractivity contribution in [1.82, 2.24) is 10.0 Å². The summed E-state index contributed by atoms with van der Waals surface area (Å²) in [6, 6.07) is 5.90. The van der Waals surface area contributed by atoms with Gasteiger partial charge in [-0.25, -0.2) is 13.1 Å². The second-order valence-corrected chi connectivity index (χ2v) is 7.11. The van der Waals surface area contributed by atoms with Gasteiger partial charge in [0.15, 0.2) is 6.61 Å². The molecule has 7 heteroatoms. The summed E-state index contributed by atoms with van der Waals surface area (Å²) < 4.78 is 32.1. The molecule has 1 rings (SSSR count). The first kappa shape index (κ1) is 19.4. The van der Waals surface area contributed by atoms with Crippen LogP contribution in [-0.4, -0.2) is 33.5 Å². The second kappa shape index (κ2) is 9.52. The third kappa shape index (κ3) is 7.00. The number of unbranched alkanes of at least 4 members (excludes halogenated alkanes) is 1. The summed E-state index contributed by atoms with van der Waals surface area (Å²) in [5.41, 5.74) is 0. The highest BCUT2D eigenvalue weighted by atomic mass is 32.2. The highest BCUT2D eigenvalue weighted by Crippen LogP contribution is 2.16. The van der Waals surface area contributed by atoms with Crippen LogP contribution in [0.4, 0.5) is 0 Å². The van der Waals surface area contributed by atoms with Crippen LogP contribution in [0.5, 0.6) is 5.75 Å². The Balaban J connectivity index is 2.55. The van der Waals surface area contributed by atoms with Crippen molar-refractivity contribution in [3.63, 3.8) is 0 Å². The molecule has 0 saturated carbocycles. The molecule has 0 aliphatic carbocycles. The summed E-state index contributed by atoms with van der Waals surface area (Å²) in [5.74, 6) is 0.270. The molecule has 0 aliphatic rings. The maximum atomic E-state index is 12.1. The fourth-order valence-corrected chi connectivity index (χ4v) is 3.06. The van der Waals surface area contributed by atoms with E-state index in [0.717, 1.165) is 12.8 Å². The second-order valence-electron chi connectivity index (χ2n) is 5.39. The molecule has 0 radical (unpaired) electrons. The molecule has 1 aromatic carbocycles. The molecule has 0 bridgehead atoms. The van der Waals surface area contributed by atoms with E-state index in [1.165, 1.54) is 12.1 Å². The van der Waals surface area contributed by atoms with Gasteiger partial charge < -0.3 is 10.1 Å². The standard InChI is InChI=1S/C16H26N2O4S/c1-4-6-11-17-16(19)12-22-14-7-9-15(10-8-14)23(20,21)18-13(3)5-2/h7-10,13,18H,4-6,11-12H2,1-3H3,(H,17,19)/t13-/m0/s1. The Bertz CT molecular complexity index is 585. The lowest BCUT2D eigenvalue weighted by Gasteiger charge is -2.12. The van der Waals surface area contributed by atoms with Gasteiger partial charge in [0.25, 0.3) is 5.91 Å². The van der Waals surface area contributed by atoms with Gasteiger partial charge in [-0.3, -0.25) is 4.79 Å². The molecule has 0 aromatic heterocycles. The number of benzene rings is 1. The zero-order valence-electron chi connectivity index (χ0n) is 14.0. The SMILES string of the molecule is CCCCNC(=O)COc1ccc(S(=O)(=O)N[C@@H](C)CC)cc1. The van der Waals surface area contributed by atoms with Crippen molar-refractivity contribution >= 4 is 15.9 Å². The predicted molar refractivity (Wildman–Crippen MR) is 89.9 cm³/mol. The molecule has 130 valence electrons. The summed E-state index contributed by atoms with van der Waals surface area (Å²) in [7, 11) is -3.52. The van der Waals surface area contributed by atoms with E-state index in [2.05, 4.69) is 10.0 Å². The van der Waals surface area contributed by atoms with Crippen molar-refractivity contribution in [2.24, 2.45) is 0 Å². The van der Waals surface area contributed by atoms with Crippen molar-refractivity contribution < 1.29 is 17.9 Å². The maximum absolute atomic E-state index is 12.1. The van der Waals surface area contributed by atoms with Crippen molar-refractivity contribution in [3.05, 3.63) is 24.3 Å². The van der Waals surface area contributed by atoms with E-state index < -0.39 is 10.0 Å². The quantitative estimate of drug-likeness (QED) is 0.638. The minimum absolute atomic E-state index is 0.0824. The van der Waals surface area contributed by atoms with Gasteiger partial charge in [-0.15, -0.1) is 0 Å². The summed E-state index contributed by atoms with van der Waals surface area (Å²) in [5, 5.41) is 2.75. The van der Waals surface area contributed by atoms with Crippen LogP contribution in [0.15, 0.2) is 29.2 Å². The number of amides is 1. The lowest BCUT2D eigenvalue weighted by molar-refractivity contribution is -0.123. The lowest BCUT2D eigenvalue weighted by Crippen LogP contribution is -2.32. The molecule has 0 fully saturated rings. The predicted octanol–water partition coefficient (Wildman–Crippen LogP) is 2.06. The van der Waals surface area contributed by atoms with Crippen LogP contribution in [0.3, 0.4) is 0 Å². The van der Waals surface area contributed by atoms with Crippen molar-refractivity contribution in [2.75, 3.05) is 13.2 Å². The zero-order valence-corrected chi connectivity index (χ0v) is 14.8. The number of hydrogen-bond donors (Lipinski definition) is 2. The van der Waals surface area contributed by atoms with Gasteiger partial charge in [0.2, 0.25) is 10.0 Å². The molecule has 1 aromatic rings. The van der Waals surface area contributed by atoms with Crippen molar-refractivity contribution in [1.29, 1.82) is 0 Å². The monoisotopic (exact) mass is 342 g/mol. The van der Waals surface area contributed by atoms with Crippen LogP contribution < -0.4 is 14.8 Å².